The van der Waals surface area contributed by atoms with E-state index in [-0.39, 0.29) is 18.1 Å². The van der Waals surface area contributed by atoms with E-state index in [0.29, 0.717) is 6.42 Å². The summed E-state index contributed by atoms with van der Waals surface area (Å²) in [6.07, 6.45) is -0.457. The average molecular weight is 305 g/mol. The first-order valence-electron chi connectivity index (χ1n) is 7.04. The predicted molar refractivity (Wildman–Crippen MR) is 83.7 cm³/mol. The molecule has 1 saturated heterocycles. The normalized spacial score (nSPS) is 26.0. The second-order valence-electron chi connectivity index (χ2n) is 5.88. The van der Waals surface area contributed by atoms with Crippen molar-refractivity contribution >= 4 is 20.6 Å². The quantitative estimate of drug-likeness (QED) is 0.903. The van der Waals surface area contributed by atoms with E-state index >= 15 is 0 Å². The van der Waals surface area contributed by atoms with Gasteiger partial charge in [-0.05, 0) is 22.8 Å². The maximum Gasteiger partial charge on any atom is 0.151 e. The Morgan fingerprint density at radius 1 is 1.19 bits per heavy atom. The molecule has 2 unspecified atom stereocenters. The van der Waals surface area contributed by atoms with E-state index < -0.39 is 21.4 Å². The Hall–Kier alpha value is -1.43. The summed E-state index contributed by atoms with van der Waals surface area (Å²) in [5.41, 5.74) is 5.83. The van der Waals surface area contributed by atoms with E-state index in [1.807, 2.05) is 42.5 Å². The molecular formula is C16H19NO3S. The van der Waals surface area contributed by atoms with Gasteiger partial charge in [0.15, 0.2) is 9.84 Å². The minimum Gasteiger partial charge on any atom is -0.388 e. The van der Waals surface area contributed by atoms with Gasteiger partial charge in [0.1, 0.15) is 0 Å². The summed E-state index contributed by atoms with van der Waals surface area (Å²) >= 11 is 0. The highest BCUT2D eigenvalue weighted by molar-refractivity contribution is 7.91. The second-order valence-corrected chi connectivity index (χ2v) is 8.06. The highest BCUT2D eigenvalue weighted by Gasteiger charge is 2.47. The highest BCUT2D eigenvalue weighted by atomic mass is 32.2. The number of fused-ring (bicyclic) bond motifs is 1. The van der Waals surface area contributed by atoms with Crippen molar-refractivity contribution in [1.82, 2.24) is 0 Å². The minimum absolute atomic E-state index is 0.0408. The molecule has 2 aromatic rings. The van der Waals surface area contributed by atoms with Gasteiger partial charge in [-0.3, -0.25) is 0 Å². The van der Waals surface area contributed by atoms with Crippen LogP contribution in [0.4, 0.5) is 0 Å². The van der Waals surface area contributed by atoms with Crippen molar-refractivity contribution in [3.05, 3.63) is 48.0 Å². The van der Waals surface area contributed by atoms with Gasteiger partial charge in [0.25, 0.3) is 0 Å². The molecule has 3 rings (SSSR count). The number of rotatable bonds is 3. The molecule has 1 fully saturated rings. The summed E-state index contributed by atoms with van der Waals surface area (Å²) in [5, 5.41) is 12.8. The van der Waals surface area contributed by atoms with Gasteiger partial charge in [0, 0.05) is 12.0 Å². The molecule has 2 aromatic carbocycles. The van der Waals surface area contributed by atoms with Gasteiger partial charge in [-0.2, -0.15) is 0 Å². The molecule has 112 valence electrons. The van der Waals surface area contributed by atoms with E-state index in [2.05, 4.69) is 0 Å². The smallest absolute Gasteiger partial charge is 0.151 e. The van der Waals surface area contributed by atoms with Gasteiger partial charge in [-0.25, -0.2) is 8.42 Å². The number of nitrogens with two attached hydrogens (primary N) is 1. The Morgan fingerprint density at radius 2 is 1.90 bits per heavy atom. The third kappa shape index (κ3) is 2.46. The molecule has 1 aliphatic heterocycles. The molecule has 3 N–H and O–H groups in total. The Balaban J connectivity index is 2.10. The van der Waals surface area contributed by atoms with Crippen LogP contribution in [0.5, 0.6) is 0 Å². The number of hydrogen-bond acceptors (Lipinski definition) is 4. The topological polar surface area (TPSA) is 80.4 Å². The van der Waals surface area contributed by atoms with E-state index in [0.717, 1.165) is 16.3 Å². The van der Waals surface area contributed by atoms with Crippen molar-refractivity contribution in [2.45, 2.75) is 12.5 Å². The Bertz CT molecular complexity index is 767. The summed E-state index contributed by atoms with van der Waals surface area (Å²) in [7, 11) is -3.11. The molecular weight excluding hydrogens is 286 g/mol. The maximum absolute atomic E-state index is 11.8. The van der Waals surface area contributed by atoms with E-state index in [9.17, 15) is 13.5 Å². The summed E-state index contributed by atoms with van der Waals surface area (Å²) < 4.78 is 23.7. The lowest BCUT2D eigenvalue weighted by molar-refractivity contribution is 0.0484. The van der Waals surface area contributed by atoms with Crippen molar-refractivity contribution in [3.63, 3.8) is 0 Å². The first-order valence-corrected chi connectivity index (χ1v) is 8.86. The largest absolute Gasteiger partial charge is 0.388 e. The third-order valence-corrected chi connectivity index (χ3v) is 6.36. The van der Waals surface area contributed by atoms with Crippen LogP contribution in [0.2, 0.25) is 0 Å². The van der Waals surface area contributed by atoms with Gasteiger partial charge in [-0.15, -0.1) is 0 Å². The molecule has 21 heavy (non-hydrogen) atoms. The lowest BCUT2D eigenvalue weighted by Crippen LogP contribution is -2.38. The second kappa shape index (κ2) is 5.09. The van der Waals surface area contributed by atoms with Gasteiger partial charge in [0.2, 0.25) is 0 Å². The summed E-state index contributed by atoms with van der Waals surface area (Å²) in [4.78, 5) is 0. The highest BCUT2D eigenvalue weighted by Crippen LogP contribution is 2.44. The SMILES string of the molecule is NCC1(C(O)c2cccc3ccccc23)CCS(=O)(=O)C1. The Labute approximate surface area is 124 Å². The summed E-state index contributed by atoms with van der Waals surface area (Å²) in [5.74, 6) is 0.0624. The van der Waals surface area contributed by atoms with Crippen molar-refractivity contribution in [2.75, 3.05) is 18.1 Å². The molecule has 0 radical (unpaired) electrons. The number of aliphatic hydroxyl groups excluding tert-OH is 1. The van der Waals surface area contributed by atoms with Crippen molar-refractivity contribution in [3.8, 4) is 0 Å². The zero-order chi connectivity index (χ0) is 15.1. The van der Waals surface area contributed by atoms with Crippen molar-refractivity contribution in [2.24, 2.45) is 11.1 Å². The average Bonchev–Trinajstić information content (AvgIpc) is 2.82. The van der Waals surface area contributed by atoms with Crippen LogP contribution in [0.3, 0.4) is 0 Å². The van der Waals surface area contributed by atoms with Crippen LogP contribution in [0.1, 0.15) is 18.1 Å². The van der Waals surface area contributed by atoms with Gasteiger partial charge >= 0.3 is 0 Å². The molecule has 1 heterocycles. The molecule has 0 spiro atoms. The van der Waals surface area contributed by atoms with E-state index in [1.54, 1.807) is 0 Å². The lowest BCUT2D eigenvalue weighted by atomic mass is 9.77. The molecule has 2 atom stereocenters. The number of aliphatic hydroxyl groups is 1. The number of benzene rings is 2. The number of hydrogen-bond donors (Lipinski definition) is 2. The number of sulfone groups is 1. The Morgan fingerprint density at radius 3 is 2.57 bits per heavy atom. The van der Waals surface area contributed by atoms with Crippen LogP contribution in [-0.4, -0.2) is 31.6 Å². The van der Waals surface area contributed by atoms with Crippen molar-refractivity contribution in [1.29, 1.82) is 0 Å². The van der Waals surface area contributed by atoms with Crippen LogP contribution in [0, 0.1) is 5.41 Å². The Kier molecular flexibility index (Phi) is 3.51. The molecule has 0 amide bonds. The zero-order valence-electron chi connectivity index (χ0n) is 11.7. The molecule has 0 aromatic heterocycles. The maximum atomic E-state index is 11.8. The molecule has 0 saturated carbocycles. The molecule has 0 aliphatic carbocycles. The van der Waals surface area contributed by atoms with Crippen LogP contribution in [0.15, 0.2) is 42.5 Å². The van der Waals surface area contributed by atoms with Gasteiger partial charge < -0.3 is 10.8 Å². The van der Waals surface area contributed by atoms with Crippen LogP contribution < -0.4 is 5.73 Å². The molecule has 5 heteroatoms. The fraction of sp³-hybridized carbons (Fsp3) is 0.375. The van der Waals surface area contributed by atoms with E-state index in [1.165, 1.54) is 0 Å². The zero-order valence-corrected chi connectivity index (χ0v) is 12.5. The van der Waals surface area contributed by atoms with Gasteiger partial charge in [-0.1, -0.05) is 42.5 Å². The predicted octanol–water partition coefficient (Wildman–Crippen LogP) is 1.64. The molecule has 1 aliphatic rings. The first-order chi connectivity index (χ1) is 9.97. The van der Waals surface area contributed by atoms with Gasteiger partial charge in [0.05, 0.1) is 17.6 Å². The summed E-state index contributed by atoms with van der Waals surface area (Å²) in [6, 6.07) is 13.5. The van der Waals surface area contributed by atoms with Crippen LogP contribution in [0.25, 0.3) is 10.8 Å². The fourth-order valence-corrected chi connectivity index (χ4v) is 5.41. The third-order valence-electron chi connectivity index (χ3n) is 4.52. The standard InChI is InChI=1S/C16H19NO3S/c17-10-16(8-9-21(19,20)11-16)15(18)14-7-3-5-12-4-1-2-6-13(12)14/h1-7,15,18H,8-11,17H2. The summed E-state index contributed by atoms with van der Waals surface area (Å²) in [6.45, 7) is 0.163. The molecule has 4 nitrogen and oxygen atoms in total. The van der Waals surface area contributed by atoms with E-state index in [4.69, 9.17) is 5.73 Å². The molecule has 0 bridgehead atoms. The van der Waals surface area contributed by atoms with Crippen molar-refractivity contribution < 1.29 is 13.5 Å². The monoisotopic (exact) mass is 305 g/mol. The van der Waals surface area contributed by atoms with Crippen LogP contribution in [-0.2, 0) is 9.84 Å². The first kappa shape index (κ1) is 14.5. The lowest BCUT2D eigenvalue weighted by Gasteiger charge is -2.32. The minimum atomic E-state index is -3.11. The fourth-order valence-electron chi connectivity index (χ4n) is 3.25. The van der Waals surface area contributed by atoms with Crippen LogP contribution >= 0.6 is 0 Å².